The molecule has 0 spiro atoms. The van der Waals surface area contributed by atoms with Gasteiger partial charge in [-0.3, -0.25) is 10.1 Å². The molecular formula is C3H4INO2. The number of rotatable bonds is 0. The molecule has 0 aromatic carbocycles. The van der Waals surface area contributed by atoms with Gasteiger partial charge in [0.15, 0.2) is 0 Å². The molecule has 1 N–H and O–H groups in total. The molecule has 0 saturated carbocycles. The predicted molar refractivity (Wildman–Crippen MR) is 31.9 cm³/mol. The zero-order valence-corrected chi connectivity index (χ0v) is 5.64. The lowest BCUT2D eigenvalue weighted by molar-refractivity contribution is -0.137. The topological polar surface area (TPSA) is 38.3 Å². The minimum atomic E-state index is -0.167. The highest BCUT2D eigenvalue weighted by Crippen LogP contribution is 2.03. The predicted octanol–water partition coefficient (Wildman–Crippen LogP) is -0.149. The second kappa shape index (κ2) is 1.95. The van der Waals surface area contributed by atoms with Gasteiger partial charge in [-0.2, -0.15) is 0 Å². The van der Waals surface area contributed by atoms with Crippen LogP contribution in [0.2, 0.25) is 0 Å². The monoisotopic (exact) mass is 213 g/mol. The lowest BCUT2D eigenvalue weighted by Gasteiger charge is -1.93. The number of cyclic esters (lactones) is 1. The first kappa shape index (κ1) is 5.30. The van der Waals surface area contributed by atoms with Crippen LogP contribution in [0.15, 0.2) is 0 Å². The number of esters is 1. The first-order valence-electron chi connectivity index (χ1n) is 1.86. The van der Waals surface area contributed by atoms with E-state index in [0.717, 1.165) is 0 Å². The summed E-state index contributed by atoms with van der Waals surface area (Å²) in [5, 5.41) is 2.78. The summed E-state index contributed by atoms with van der Waals surface area (Å²) in [5.74, 6) is -0.167. The van der Waals surface area contributed by atoms with Crippen molar-refractivity contribution in [1.29, 1.82) is 0 Å². The van der Waals surface area contributed by atoms with Gasteiger partial charge in [-0.25, -0.2) is 0 Å². The van der Waals surface area contributed by atoms with E-state index in [4.69, 9.17) is 0 Å². The van der Waals surface area contributed by atoms with Crippen LogP contribution in [0.25, 0.3) is 0 Å². The number of halogens is 1. The van der Waals surface area contributed by atoms with Gasteiger partial charge in [0.1, 0.15) is 0 Å². The van der Waals surface area contributed by atoms with E-state index >= 15 is 0 Å². The fraction of sp³-hybridized carbons (Fsp3) is 0.667. The molecule has 0 radical (unpaired) electrons. The Hall–Kier alpha value is 0.160. The van der Waals surface area contributed by atoms with Gasteiger partial charge < -0.3 is 4.74 Å². The molecule has 3 nitrogen and oxygen atoms in total. The molecule has 1 aliphatic heterocycles. The number of nitrogens with one attached hydrogen (secondary N) is 1. The van der Waals surface area contributed by atoms with Crippen LogP contribution in [0.1, 0.15) is 0 Å². The van der Waals surface area contributed by atoms with Gasteiger partial charge in [0.2, 0.25) is 4.23 Å². The van der Waals surface area contributed by atoms with Gasteiger partial charge in [-0.05, 0) is 22.6 Å². The summed E-state index contributed by atoms with van der Waals surface area (Å²) < 4.78 is 4.49. The van der Waals surface area contributed by atoms with E-state index in [1.54, 1.807) is 0 Å². The lowest BCUT2D eigenvalue weighted by Crippen LogP contribution is -2.14. The average molecular weight is 213 g/mol. The van der Waals surface area contributed by atoms with E-state index in [1.807, 2.05) is 22.6 Å². The van der Waals surface area contributed by atoms with Crippen molar-refractivity contribution in [2.75, 3.05) is 6.54 Å². The van der Waals surface area contributed by atoms with Gasteiger partial charge in [-0.15, -0.1) is 0 Å². The van der Waals surface area contributed by atoms with E-state index in [-0.39, 0.29) is 10.2 Å². The van der Waals surface area contributed by atoms with Crippen LogP contribution in [-0.2, 0) is 9.53 Å². The van der Waals surface area contributed by atoms with Gasteiger partial charge in [-0.1, -0.05) is 0 Å². The van der Waals surface area contributed by atoms with Crippen LogP contribution in [0.4, 0.5) is 0 Å². The Morgan fingerprint density at radius 1 is 2.00 bits per heavy atom. The van der Waals surface area contributed by atoms with Crippen molar-refractivity contribution in [2.24, 2.45) is 0 Å². The number of alkyl halides is 1. The van der Waals surface area contributed by atoms with Crippen LogP contribution in [-0.4, -0.2) is 16.7 Å². The number of carbonyl (C=O) groups is 1. The number of ether oxygens (including phenoxy) is 1. The molecule has 0 aromatic rings. The fourth-order valence-electron chi connectivity index (χ4n) is 0.362. The zero-order chi connectivity index (χ0) is 5.28. The smallest absolute Gasteiger partial charge is 0.322 e. The molecule has 0 aliphatic carbocycles. The summed E-state index contributed by atoms with van der Waals surface area (Å²) >= 11 is 1.99. The Labute approximate surface area is 54.6 Å². The Morgan fingerprint density at radius 2 is 2.71 bits per heavy atom. The van der Waals surface area contributed by atoms with Crippen molar-refractivity contribution in [3.05, 3.63) is 0 Å². The van der Waals surface area contributed by atoms with Crippen LogP contribution in [0.5, 0.6) is 0 Å². The molecule has 1 unspecified atom stereocenters. The van der Waals surface area contributed by atoms with Crippen molar-refractivity contribution in [3.8, 4) is 0 Å². The van der Waals surface area contributed by atoms with E-state index in [1.165, 1.54) is 0 Å². The number of hydrogen-bond donors (Lipinski definition) is 1. The summed E-state index contributed by atoms with van der Waals surface area (Å²) in [6.45, 7) is 0.355. The second-order valence-corrected chi connectivity index (χ2v) is 2.32. The van der Waals surface area contributed by atoms with Crippen molar-refractivity contribution >= 4 is 28.6 Å². The van der Waals surface area contributed by atoms with E-state index < -0.39 is 0 Å². The van der Waals surface area contributed by atoms with Gasteiger partial charge >= 0.3 is 5.97 Å². The second-order valence-electron chi connectivity index (χ2n) is 1.19. The molecule has 0 aromatic heterocycles. The minimum absolute atomic E-state index is 0.106. The molecule has 0 bridgehead atoms. The molecule has 0 amide bonds. The summed E-state index contributed by atoms with van der Waals surface area (Å²) in [4.78, 5) is 10.2. The van der Waals surface area contributed by atoms with Crippen LogP contribution in [0, 0.1) is 0 Å². The highest BCUT2D eigenvalue weighted by molar-refractivity contribution is 14.1. The normalized spacial score (nSPS) is 30.4. The molecule has 40 valence electrons. The Balaban J connectivity index is 2.40. The highest BCUT2D eigenvalue weighted by atomic mass is 127. The SMILES string of the molecule is O=C1CNC(I)O1. The number of carbonyl (C=O) groups excluding carboxylic acids is 1. The molecular weight excluding hydrogens is 209 g/mol. The fourth-order valence-corrected chi connectivity index (χ4v) is 0.866. The van der Waals surface area contributed by atoms with Crippen molar-refractivity contribution in [3.63, 3.8) is 0 Å². The standard InChI is InChI=1S/C3H4INO2/c4-3-5-1-2(6)7-3/h3,5H,1H2. The van der Waals surface area contributed by atoms with E-state index in [9.17, 15) is 4.79 Å². The largest absolute Gasteiger partial charge is 0.436 e. The first-order valence-corrected chi connectivity index (χ1v) is 3.10. The van der Waals surface area contributed by atoms with Crippen LogP contribution >= 0.6 is 22.6 Å². The van der Waals surface area contributed by atoms with Crippen LogP contribution in [0.3, 0.4) is 0 Å². The molecule has 1 heterocycles. The average Bonchev–Trinajstić information content (AvgIpc) is 1.87. The maximum Gasteiger partial charge on any atom is 0.322 e. The molecule has 1 fully saturated rings. The lowest BCUT2D eigenvalue weighted by atomic mass is 10.7. The summed E-state index contributed by atoms with van der Waals surface area (Å²) in [7, 11) is 0. The quantitative estimate of drug-likeness (QED) is 0.263. The molecule has 4 heteroatoms. The van der Waals surface area contributed by atoms with E-state index in [0.29, 0.717) is 6.54 Å². The first-order chi connectivity index (χ1) is 3.29. The van der Waals surface area contributed by atoms with Crippen molar-refractivity contribution in [1.82, 2.24) is 5.32 Å². The maximum absolute atomic E-state index is 10.2. The van der Waals surface area contributed by atoms with Gasteiger partial charge in [0.25, 0.3) is 0 Å². The van der Waals surface area contributed by atoms with Gasteiger partial charge in [0.05, 0.1) is 6.54 Å². The third-order valence-corrected chi connectivity index (χ3v) is 1.34. The molecule has 1 saturated heterocycles. The van der Waals surface area contributed by atoms with E-state index in [2.05, 4.69) is 10.1 Å². The summed E-state index contributed by atoms with van der Waals surface area (Å²) in [5.41, 5.74) is 0. The van der Waals surface area contributed by atoms with Crippen molar-refractivity contribution < 1.29 is 9.53 Å². The molecule has 7 heavy (non-hydrogen) atoms. The molecule has 1 rings (SSSR count). The zero-order valence-electron chi connectivity index (χ0n) is 3.48. The highest BCUT2D eigenvalue weighted by Gasteiger charge is 2.17. The molecule has 1 atom stereocenters. The molecule has 1 aliphatic rings. The maximum atomic E-state index is 10.2. The Bertz CT molecular complexity index is 94.9. The van der Waals surface area contributed by atoms with Crippen LogP contribution < -0.4 is 5.32 Å². The van der Waals surface area contributed by atoms with Crippen molar-refractivity contribution in [2.45, 2.75) is 4.23 Å². The third kappa shape index (κ3) is 1.27. The van der Waals surface area contributed by atoms with Gasteiger partial charge in [0, 0.05) is 0 Å². The Kier molecular flexibility index (Phi) is 1.48. The summed E-state index contributed by atoms with van der Waals surface area (Å²) in [6, 6.07) is 0. The number of hydrogen-bond acceptors (Lipinski definition) is 3. The minimum Gasteiger partial charge on any atom is -0.436 e. The Morgan fingerprint density at radius 3 is 2.86 bits per heavy atom. The summed E-state index contributed by atoms with van der Waals surface area (Å²) in [6.07, 6.45) is 0. The third-order valence-electron chi connectivity index (χ3n) is 0.642.